The first-order valence-electron chi connectivity index (χ1n) is 8.89. The minimum atomic E-state index is -0.256. The molecule has 0 aromatic heterocycles. The fraction of sp³-hybridized carbons (Fsp3) is 0.364. The Bertz CT molecular complexity index is 877. The van der Waals surface area contributed by atoms with Gasteiger partial charge in [-0.3, -0.25) is 0 Å². The van der Waals surface area contributed by atoms with E-state index in [1.165, 1.54) is 22.8 Å². The summed E-state index contributed by atoms with van der Waals surface area (Å²) in [5.74, 6) is 1.58. The van der Waals surface area contributed by atoms with E-state index in [0.29, 0.717) is 0 Å². The van der Waals surface area contributed by atoms with Gasteiger partial charge >= 0.3 is 0 Å². The first kappa shape index (κ1) is 16.1. The number of fused-ring (bicyclic) bond motifs is 3. The van der Waals surface area contributed by atoms with Gasteiger partial charge in [0.25, 0.3) is 0 Å². The third kappa shape index (κ3) is 2.78. The van der Waals surface area contributed by atoms with Crippen LogP contribution in [-0.2, 0) is 12.8 Å². The second kappa shape index (κ2) is 5.55. The Hall–Kier alpha value is -2.42. The maximum absolute atomic E-state index is 10.3. The molecule has 1 unspecified atom stereocenters. The Morgan fingerprint density at radius 3 is 2.72 bits per heavy atom. The summed E-state index contributed by atoms with van der Waals surface area (Å²) in [6.45, 7) is 6.00. The summed E-state index contributed by atoms with van der Waals surface area (Å²) >= 11 is 0. The summed E-state index contributed by atoms with van der Waals surface area (Å²) < 4.78 is 6.09. The molecule has 25 heavy (non-hydrogen) atoms. The molecule has 2 aromatic carbocycles. The van der Waals surface area contributed by atoms with Gasteiger partial charge in [-0.05, 0) is 86.4 Å². The van der Waals surface area contributed by atoms with Crippen molar-refractivity contribution in [1.29, 1.82) is 0 Å². The van der Waals surface area contributed by atoms with E-state index in [1.54, 1.807) is 0 Å². The largest absolute Gasteiger partial charge is 0.508 e. The van der Waals surface area contributed by atoms with Crippen LogP contribution in [0, 0.1) is 6.92 Å². The second-order valence-corrected chi connectivity index (χ2v) is 7.79. The molecule has 2 aliphatic rings. The smallest absolute Gasteiger partial charge is 0.128 e. The third-order valence-corrected chi connectivity index (χ3v) is 5.43. The van der Waals surface area contributed by atoms with Crippen molar-refractivity contribution in [2.75, 3.05) is 0 Å². The van der Waals surface area contributed by atoms with Gasteiger partial charge in [-0.1, -0.05) is 12.1 Å². The van der Waals surface area contributed by atoms with Crippen LogP contribution in [0.4, 0.5) is 0 Å². The normalized spacial score (nSPS) is 20.5. The molecule has 0 saturated heterocycles. The molecule has 1 atom stereocenters. The number of rotatable bonds is 1. The van der Waals surface area contributed by atoms with E-state index in [0.717, 1.165) is 36.1 Å². The molecule has 0 fully saturated rings. The lowest BCUT2D eigenvalue weighted by Crippen LogP contribution is -2.28. The highest BCUT2D eigenvalue weighted by molar-refractivity contribution is 5.66. The fourth-order valence-electron chi connectivity index (χ4n) is 4.03. The van der Waals surface area contributed by atoms with Crippen molar-refractivity contribution in [3.8, 4) is 17.2 Å². The lowest BCUT2D eigenvalue weighted by Gasteiger charge is -2.32. The Balaban J connectivity index is 1.69. The van der Waals surface area contributed by atoms with Crippen molar-refractivity contribution in [2.24, 2.45) is 0 Å². The van der Waals surface area contributed by atoms with Crippen LogP contribution in [0.25, 0.3) is 6.08 Å². The molecule has 4 rings (SSSR count). The zero-order valence-electron chi connectivity index (χ0n) is 15.0. The highest BCUT2D eigenvalue weighted by atomic mass is 16.5. The Kier molecular flexibility index (Phi) is 3.57. The predicted molar refractivity (Wildman–Crippen MR) is 99.5 cm³/mol. The summed E-state index contributed by atoms with van der Waals surface area (Å²) in [5, 5.41) is 20.0. The quantitative estimate of drug-likeness (QED) is 0.781. The molecule has 0 spiro atoms. The van der Waals surface area contributed by atoms with Crippen LogP contribution in [0.1, 0.15) is 54.0 Å². The van der Waals surface area contributed by atoms with Crippen LogP contribution in [0.2, 0.25) is 0 Å². The summed E-state index contributed by atoms with van der Waals surface area (Å²) in [4.78, 5) is 0. The molecule has 0 amide bonds. The maximum Gasteiger partial charge on any atom is 0.128 e. The number of ether oxygens (including phenoxy) is 1. The fourth-order valence-corrected chi connectivity index (χ4v) is 4.03. The molecule has 1 aliphatic heterocycles. The van der Waals surface area contributed by atoms with Gasteiger partial charge in [0, 0.05) is 11.6 Å². The summed E-state index contributed by atoms with van der Waals surface area (Å²) in [5.41, 5.74) is 5.40. The van der Waals surface area contributed by atoms with Crippen molar-refractivity contribution >= 4 is 6.08 Å². The van der Waals surface area contributed by atoms with Crippen molar-refractivity contribution in [1.82, 2.24) is 0 Å². The van der Waals surface area contributed by atoms with E-state index < -0.39 is 0 Å². The molecular formula is C22H24O3. The first-order valence-corrected chi connectivity index (χ1v) is 8.89. The van der Waals surface area contributed by atoms with Crippen molar-refractivity contribution in [2.45, 2.75) is 51.6 Å². The van der Waals surface area contributed by atoms with Gasteiger partial charge in [0.05, 0.1) is 0 Å². The number of hydrogen-bond acceptors (Lipinski definition) is 3. The molecule has 0 bridgehead atoms. The van der Waals surface area contributed by atoms with Gasteiger partial charge < -0.3 is 14.9 Å². The highest BCUT2D eigenvalue weighted by Crippen LogP contribution is 2.43. The van der Waals surface area contributed by atoms with Gasteiger partial charge in [0.2, 0.25) is 0 Å². The van der Waals surface area contributed by atoms with E-state index in [9.17, 15) is 10.2 Å². The van der Waals surface area contributed by atoms with Gasteiger partial charge in [-0.15, -0.1) is 0 Å². The molecule has 3 heteroatoms. The van der Waals surface area contributed by atoms with E-state index in [4.69, 9.17) is 4.74 Å². The van der Waals surface area contributed by atoms with Crippen LogP contribution >= 0.6 is 0 Å². The van der Waals surface area contributed by atoms with E-state index >= 15 is 0 Å². The number of phenolic OH excluding ortho intramolecular Hbond substituents is 2. The van der Waals surface area contributed by atoms with Gasteiger partial charge in [-0.2, -0.15) is 0 Å². The van der Waals surface area contributed by atoms with Crippen LogP contribution in [-0.4, -0.2) is 15.8 Å². The average Bonchev–Trinajstić information content (AvgIpc) is 2.56. The molecule has 2 N–H and O–H groups in total. The van der Waals surface area contributed by atoms with Crippen molar-refractivity contribution in [3.63, 3.8) is 0 Å². The van der Waals surface area contributed by atoms with Gasteiger partial charge in [0.15, 0.2) is 0 Å². The number of phenols is 2. The number of hydrogen-bond donors (Lipinski definition) is 2. The first-order chi connectivity index (χ1) is 11.8. The lowest BCUT2D eigenvalue weighted by atomic mass is 9.77. The number of aryl methyl sites for hydroxylation is 1. The van der Waals surface area contributed by atoms with E-state index in [1.807, 2.05) is 13.0 Å². The van der Waals surface area contributed by atoms with E-state index in [-0.39, 0.29) is 23.0 Å². The molecule has 3 nitrogen and oxygen atoms in total. The lowest BCUT2D eigenvalue weighted by molar-refractivity contribution is 0.158. The molecule has 0 saturated carbocycles. The topological polar surface area (TPSA) is 49.7 Å². The van der Waals surface area contributed by atoms with Gasteiger partial charge in [-0.25, -0.2) is 0 Å². The average molecular weight is 336 g/mol. The molecule has 1 heterocycles. The summed E-state index contributed by atoms with van der Waals surface area (Å²) in [7, 11) is 0. The molecule has 0 radical (unpaired) electrons. The maximum atomic E-state index is 10.3. The van der Waals surface area contributed by atoms with Crippen LogP contribution in [0.15, 0.2) is 30.3 Å². The summed E-state index contributed by atoms with van der Waals surface area (Å²) in [6.07, 6.45) is 7.17. The Labute approximate surface area is 148 Å². The standard InChI is InChI=1S/C22H24O3/c1-13-10-18(20(24)12-19(13)23)15-4-6-16-14(11-15)5-7-21-17(16)8-9-22(2,3)25-21/h5,7-10,12,15,23-24H,4,6,11H2,1-3H3. The van der Waals surface area contributed by atoms with Crippen molar-refractivity contribution in [3.05, 3.63) is 58.2 Å². The third-order valence-electron chi connectivity index (χ3n) is 5.43. The zero-order chi connectivity index (χ0) is 17.8. The van der Waals surface area contributed by atoms with Crippen LogP contribution in [0.5, 0.6) is 17.2 Å². The molecule has 130 valence electrons. The monoisotopic (exact) mass is 336 g/mol. The Morgan fingerprint density at radius 2 is 1.92 bits per heavy atom. The highest BCUT2D eigenvalue weighted by Gasteiger charge is 2.28. The van der Waals surface area contributed by atoms with Crippen LogP contribution in [0.3, 0.4) is 0 Å². The van der Waals surface area contributed by atoms with Gasteiger partial charge in [0.1, 0.15) is 22.8 Å². The zero-order valence-corrected chi connectivity index (χ0v) is 15.0. The molecular weight excluding hydrogens is 312 g/mol. The molecule has 1 aliphatic carbocycles. The SMILES string of the molecule is Cc1cc(C2CCc3c(ccc4c3C=CC(C)(C)O4)C2)c(O)cc1O. The van der Waals surface area contributed by atoms with Crippen molar-refractivity contribution < 1.29 is 14.9 Å². The number of benzene rings is 2. The minimum Gasteiger partial charge on any atom is -0.508 e. The Morgan fingerprint density at radius 1 is 1.12 bits per heavy atom. The van der Waals surface area contributed by atoms with Crippen LogP contribution < -0.4 is 4.74 Å². The predicted octanol–water partition coefficient (Wildman–Crippen LogP) is 4.86. The number of aromatic hydroxyl groups is 2. The summed E-state index contributed by atoms with van der Waals surface area (Å²) in [6, 6.07) is 7.62. The minimum absolute atomic E-state index is 0.149. The second-order valence-electron chi connectivity index (χ2n) is 7.79. The van der Waals surface area contributed by atoms with E-state index in [2.05, 4.69) is 38.1 Å². The molecule has 2 aromatic rings.